The molecule has 0 radical (unpaired) electrons. The Morgan fingerprint density at radius 3 is 2.80 bits per heavy atom. The van der Waals surface area contributed by atoms with Gasteiger partial charge in [0, 0.05) is 16.3 Å². The number of pyridine rings is 1. The minimum absolute atomic E-state index is 0.247. The predicted molar refractivity (Wildman–Crippen MR) is 60.3 cm³/mol. The number of H-pyrrole nitrogens is 1. The molecule has 0 bridgehead atoms. The van der Waals surface area contributed by atoms with Gasteiger partial charge < -0.3 is 10.1 Å². The summed E-state index contributed by atoms with van der Waals surface area (Å²) in [6.07, 6.45) is 1.69. The lowest BCUT2D eigenvalue weighted by Crippen LogP contribution is -1.73. The van der Waals surface area contributed by atoms with Gasteiger partial charge in [0.1, 0.15) is 10.9 Å². The number of fused-ring (bicyclic) bond motifs is 3. The summed E-state index contributed by atoms with van der Waals surface area (Å²) >= 11 is 5.83. The molecule has 3 nitrogen and oxygen atoms in total. The summed E-state index contributed by atoms with van der Waals surface area (Å²) in [5.41, 5.74) is 1.88. The quantitative estimate of drug-likeness (QED) is 0.570. The van der Waals surface area contributed by atoms with Crippen molar-refractivity contribution in [3.63, 3.8) is 0 Å². The molecule has 2 N–H and O–H groups in total. The number of aromatic nitrogens is 2. The van der Waals surface area contributed by atoms with Crippen LogP contribution >= 0.6 is 11.6 Å². The Kier molecular flexibility index (Phi) is 1.64. The second-order valence-corrected chi connectivity index (χ2v) is 3.79. The molecule has 0 atom stereocenters. The Bertz CT molecular complexity index is 604. The molecule has 0 aliphatic rings. The number of aromatic amines is 1. The summed E-state index contributed by atoms with van der Waals surface area (Å²) in [5, 5.41) is 11.8. The van der Waals surface area contributed by atoms with E-state index in [1.807, 2.05) is 6.07 Å². The topological polar surface area (TPSA) is 48.9 Å². The van der Waals surface area contributed by atoms with E-state index in [2.05, 4.69) is 9.97 Å². The number of nitrogens with zero attached hydrogens (tertiary/aromatic N) is 1. The fraction of sp³-hybridized carbons (Fsp3) is 0. The van der Waals surface area contributed by atoms with Gasteiger partial charge >= 0.3 is 0 Å². The largest absolute Gasteiger partial charge is 0.508 e. The minimum atomic E-state index is 0.247. The van der Waals surface area contributed by atoms with E-state index in [9.17, 15) is 5.11 Å². The molecule has 0 aliphatic heterocycles. The first-order chi connectivity index (χ1) is 7.24. The van der Waals surface area contributed by atoms with Crippen LogP contribution in [0.25, 0.3) is 21.8 Å². The molecular weight excluding hydrogens is 212 g/mol. The Morgan fingerprint density at radius 2 is 1.93 bits per heavy atom. The number of benzene rings is 1. The average Bonchev–Trinajstić information content (AvgIpc) is 2.56. The second-order valence-electron chi connectivity index (χ2n) is 3.41. The van der Waals surface area contributed by atoms with Crippen molar-refractivity contribution in [1.82, 2.24) is 9.97 Å². The SMILES string of the molecule is Oc1ccc2[nH]c3cnc(Cl)cc3c2c1. The first-order valence-corrected chi connectivity index (χ1v) is 4.88. The first kappa shape index (κ1) is 8.56. The van der Waals surface area contributed by atoms with E-state index in [0.29, 0.717) is 5.15 Å². The molecule has 0 saturated carbocycles. The van der Waals surface area contributed by atoms with Gasteiger partial charge in [-0.05, 0) is 24.3 Å². The van der Waals surface area contributed by atoms with E-state index >= 15 is 0 Å². The molecule has 1 aromatic carbocycles. The highest BCUT2D eigenvalue weighted by molar-refractivity contribution is 6.30. The highest BCUT2D eigenvalue weighted by Gasteiger charge is 2.05. The maximum absolute atomic E-state index is 9.41. The molecule has 15 heavy (non-hydrogen) atoms. The number of phenolic OH excluding ortho intramolecular Hbond substituents is 1. The Hall–Kier alpha value is -1.74. The van der Waals surface area contributed by atoms with Gasteiger partial charge in [0.05, 0.1) is 11.7 Å². The van der Waals surface area contributed by atoms with E-state index in [0.717, 1.165) is 21.8 Å². The Balaban J connectivity index is 2.55. The van der Waals surface area contributed by atoms with Gasteiger partial charge in [-0.25, -0.2) is 4.98 Å². The van der Waals surface area contributed by atoms with Crippen molar-refractivity contribution in [2.75, 3.05) is 0 Å². The molecule has 3 aromatic rings. The number of hydrogen-bond acceptors (Lipinski definition) is 2. The van der Waals surface area contributed by atoms with Crippen molar-refractivity contribution < 1.29 is 5.11 Å². The highest BCUT2D eigenvalue weighted by Crippen LogP contribution is 2.28. The smallest absolute Gasteiger partial charge is 0.129 e. The molecule has 3 rings (SSSR count). The van der Waals surface area contributed by atoms with Crippen LogP contribution in [0.15, 0.2) is 30.5 Å². The van der Waals surface area contributed by atoms with Crippen LogP contribution in [0, 0.1) is 0 Å². The molecule has 0 fully saturated rings. The third kappa shape index (κ3) is 1.24. The van der Waals surface area contributed by atoms with E-state index < -0.39 is 0 Å². The number of hydrogen-bond donors (Lipinski definition) is 2. The minimum Gasteiger partial charge on any atom is -0.508 e. The number of halogens is 1. The second kappa shape index (κ2) is 2.87. The van der Waals surface area contributed by atoms with Crippen molar-refractivity contribution in [1.29, 1.82) is 0 Å². The van der Waals surface area contributed by atoms with Gasteiger partial charge in [-0.1, -0.05) is 11.6 Å². The van der Waals surface area contributed by atoms with E-state index in [-0.39, 0.29) is 5.75 Å². The highest BCUT2D eigenvalue weighted by atomic mass is 35.5. The maximum Gasteiger partial charge on any atom is 0.129 e. The lowest BCUT2D eigenvalue weighted by molar-refractivity contribution is 0.476. The molecule has 0 spiro atoms. The predicted octanol–water partition coefficient (Wildman–Crippen LogP) is 3.08. The Morgan fingerprint density at radius 1 is 1.13 bits per heavy atom. The standard InChI is InChI=1S/C11H7ClN2O/c12-11-4-8-7-3-6(15)1-2-9(7)14-10(8)5-13-11/h1-5,14-15H. The fourth-order valence-electron chi connectivity index (χ4n) is 1.76. The van der Waals surface area contributed by atoms with Crippen LogP contribution in [0.4, 0.5) is 0 Å². The number of nitrogens with one attached hydrogen (secondary N) is 1. The summed E-state index contributed by atoms with van der Waals surface area (Å²) in [5.74, 6) is 0.247. The summed E-state index contributed by atoms with van der Waals surface area (Å²) in [4.78, 5) is 7.20. The Labute approximate surface area is 90.3 Å². The molecule has 0 unspecified atom stereocenters. The number of rotatable bonds is 0. The van der Waals surface area contributed by atoms with Crippen LogP contribution < -0.4 is 0 Å². The van der Waals surface area contributed by atoms with Crippen LogP contribution in [0.2, 0.25) is 5.15 Å². The molecule has 4 heteroatoms. The van der Waals surface area contributed by atoms with E-state index in [1.54, 1.807) is 24.4 Å². The van der Waals surface area contributed by atoms with E-state index in [1.165, 1.54) is 0 Å². The zero-order valence-corrected chi connectivity index (χ0v) is 8.42. The number of aromatic hydroxyl groups is 1. The molecule has 74 valence electrons. The van der Waals surface area contributed by atoms with Crippen LogP contribution in [0.3, 0.4) is 0 Å². The van der Waals surface area contributed by atoms with Gasteiger partial charge in [0.15, 0.2) is 0 Å². The van der Waals surface area contributed by atoms with Gasteiger partial charge in [-0.15, -0.1) is 0 Å². The average molecular weight is 219 g/mol. The van der Waals surface area contributed by atoms with Gasteiger partial charge in [-0.2, -0.15) is 0 Å². The third-order valence-corrected chi connectivity index (χ3v) is 2.64. The summed E-state index contributed by atoms with van der Waals surface area (Å²) in [6, 6.07) is 6.98. The molecule has 0 amide bonds. The number of phenols is 1. The molecule has 0 aliphatic carbocycles. The van der Waals surface area contributed by atoms with E-state index in [4.69, 9.17) is 11.6 Å². The third-order valence-electron chi connectivity index (χ3n) is 2.43. The zero-order chi connectivity index (χ0) is 10.4. The van der Waals surface area contributed by atoms with Crippen LogP contribution in [-0.2, 0) is 0 Å². The van der Waals surface area contributed by atoms with Crippen molar-refractivity contribution in [3.05, 3.63) is 35.6 Å². The van der Waals surface area contributed by atoms with Crippen LogP contribution in [0.5, 0.6) is 5.75 Å². The van der Waals surface area contributed by atoms with Crippen molar-refractivity contribution >= 4 is 33.4 Å². The molecular formula is C11H7ClN2O. The van der Waals surface area contributed by atoms with Gasteiger partial charge in [0.25, 0.3) is 0 Å². The molecule has 0 saturated heterocycles. The monoisotopic (exact) mass is 218 g/mol. The molecule has 2 heterocycles. The fourth-order valence-corrected chi connectivity index (χ4v) is 1.92. The summed E-state index contributed by atoms with van der Waals surface area (Å²) in [6.45, 7) is 0. The van der Waals surface area contributed by atoms with Crippen LogP contribution in [-0.4, -0.2) is 15.1 Å². The summed E-state index contributed by atoms with van der Waals surface area (Å²) < 4.78 is 0. The van der Waals surface area contributed by atoms with Crippen molar-refractivity contribution in [2.24, 2.45) is 0 Å². The van der Waals surface area contributed by atoms with Gasteiger partial charge in [0.2, 0.25) is 0 Å². The maximum atomic E-state index is 9.41. The zero-order valence-electron chi connectivity index (χ0n) is 7.66. The normalized spacial score (nSPS) is 11.3. The lowest BCUT2D eigenvalue weighted by Gasteiger charge is -1.93. The first-order valence-electron chi connectivity index (χ1n) is 4.50. The summed E-state index contributed by atoms with van der Waals surface area (Å²) in [7, 11) is 0. The van der Waals surface area contributed by atoms with Crippen molar-refractivity contribution in [2.45, 2.75) is 0 Å². The molecule has 2 aromatic heterocycles. The lowest BCUT2D eigenvalue weighted by atomic mass is 10.2. The van der Waals surface area contributed by atoms with Crippen LogP contribution in [0.1, 0.15) is 0 Å². The van der Waals surface area contributed by atoms with Crippen molar-refractivity contribution in [3.8, 4) is 5.75 Å². The van der Waals surface area contributed by atoms with Gasteiger partial charge in [-0.3, -0.25) is 0 Å².